The Balaban J connectivity index is 1.72. The molecule has 0 atom stereocenters. The molecule has 25 heavy (non-hydrogen) atoms. The van der Waals surface area contributed by atoms with Gasteiger partial charge in [-0.2, -0.15) is 0 Å². The van der Waals surface area contributed by atoms with Gasteiger partial charge < -0.3 is 0 Å². The highest BCUT2D eigenvalue weighted by Crippen LogP contribution is 2.32. The highest BCUT2D eigenvalue weighted by atomic mass is 32.2. The van der Waals surface area contributed by atoms with Crippen LogP contribution in [0.1, 0.15) is 5.56 Å². The second-order valence-electron chi connectivity index (χ2n) is 5.60. The van der Waals surface area contributed by atoms with Crippen molar-refractivity contribution in [3.8, 4) is 0 Å². The smallest absolute Gasteiger partial charge is 0.0434 e. The molecule has 0 saturated carbocycles. The predicted octanol–water partition coefficient (Wildman–Crippen LogP) is 4.96. The molecule has 0 aliphatic rings. The largest absolute Gasteiger partial charge is 0.292 e. The second kappa shape index (κ2) is 9.56. The summed E-state index contributed by atoms with van der Waals surface area (Å²) in [6.07, 6.45) is 5.20. The summed E-state index contributed by atoms with van der Waals surface area (Å²) in [7, 11) is -0.362. The van der Waals surface area contributed by atoms with Crippen LogP contribution in [0, 0.1) is 0 Å². The summed E-state index contributed by atoms with van der Waals surface area (Å²) in [5, 5.41) is 2.84. The van der Waals surface area contributed by atoms with E-state index in [1.165, 1.54) is 21.1 Å². The van der Waals surface area contributed by atoms with Gasteiger partial charge in [0.15, 0.2) is 0 Å². The van der Waals surface area contributed by atoms with Gasteiger partial charge in [0.25, 0.3) is 0 Å². The van der Waals surface area contributed by atoms with Gasteiger partial charge in [-0.05, 0) is 37.0 Å². The Bertz CT molecular complexity index is 763. The van der Waals surface area contributed by atoms with Crippen LogP contribution in [0.2, 0.25) is 0 Å². The van der Waals surface area contributed by atoms with Crippen molar-refractivity contribution < 1.29 is 0 Å². The monoisotopic (exact) mass is 363 g/mol. The first kappa shape index (κ1) is 17.9. The summed E-state index contributed by atoms with van der Waals surface area (Å²) in [6.45, 7) is 0.845. The number of hydrogen-bond donors (Lipinski definition) is 0. The van der Waals surface area contributed by atoms with Gasteiger partial charge in [0.2, 0.25) is 0 Å². The summed E-state index contributed by atoms with van der Waals surface area (Å²) in [4.78, 5) is 6.00. The van der Waals surface area contributed by atoms with E-state index >= 15 is 0 Å². The minimum absolute atomic E-state index is 0.362. The highest BCUT2D eigenvalue weighted by molar-refractivity contribution is 7.98. The van der Waals surface area contributed by atoms with E-state index in [1.807, 2.05) is 6.21 Å². The minimum Gasteiger partial charge on any atom is -0.292 e. The molecule has 0 bridgehead atoms. The number of rotatable bonds is 7. The molecule has 0 aliphatic carbocycles. The van der Waals surface area contributed by atoms with Crippen LogP contribution < -0.4 is 10.6 Å². The number of benzene rings is 3. The average molecular weight is 363 g/mol. The van der Waals surface area contributed by atoms with E-state index in [0.29, 0.717) is 0 Å². The normalized spacial score (nSPS) is 11.3. The Labute approximate surface area is 156 Å². The summed E-state index contributed by atoms with van der Waals surface area (Å²) in [5.74, 6) is 0. The van der Waals surface area contributed by atoms with Gasteiger partial charge in [-0.1, -0.05) is 78.9 Å². The summed E-state index contributed by atoms with van der Waals surface area (Å²) in [6, 6.07) is 30.1. The number of nitrogens with zero attached hydrogens (tertiary/aromatic N) is 1. The Morgan fingerprint density at radius 3 is 1.96 bits per heavy atom. The van der Waals surface area contributed by atoms with Crippen molar-refractivity contribution in [2.75, 3.05) is 19.0 Å². The lowest BCUT2D eigenvalue weighted by Gasteiger charge is -2.17. The fraction of sp³-hybridized carbons (Fsp3) is 0.136. The third kappa shape index (κ3) is 5.04. The van der Waals surface area contributed by atoms with E-state index < -0.39 is 0 Å². The maximum atomic E-state index is 4.72. The zero-order valence-electron chi connectivity index (χ0n) is 14.4. The maximum absolute atomic E-state index is 4.72. The van der Waals surface area contributed by atoms with Crippen LogP contribution >= 0.6 is 19.7 Å². The first-order valence-electron chi connectivity index (χ1n) is 8.39. The zero-order chi connectivity index (χ0) is 17.3. The van der Waals surface area contributed by atoms with Crippen LogP contribution in [0.15, 0.2) is 94.8 Å². The molecule has 0 heterocycles. The van der Waals surface area contributed by atoms with Crippen molar-refractivity contribution in [2.45, 2.75) is 4.90 Å². The van der Waals surface area contributed by atoms with Crippen molar-refractivity contribution in [1.82, 2.24) is 0 Å². The van der Waals surface area contributed by atoms with Crippen LogP contribution in [0.5, 0.6) is 0 Å². The third-order valence-electron chi connectivity index (χ3n) is 3.96. The van der Waals surface area contributed by atoms with Gasteiger partial charge in [0.05, 0.1) is 0 Å². The molecule has 3 aromatic rings. The van der Waals surface area contributed by atoms with E-state index in [4.69, 9.17) is 4.99 Å². The molecule has 3 heteroatoms. The minimum atomic E-state index is -0.362. The molecule has 0 saturated heterocycles. The van der Waals surface area contributed by atoms with Gasteiger partial charge in [-0.25, -0.2) is 0 Å². The average Bonchev–Trinajstić information content (AvgIpc) is 2.69. The third-order valence-corrected chi connectivity index (χ3v) is 7.26. The van der Waals surface area contributed by atoms with Crippen molar-refractivity contribution in [3.63, 3.8) is 0 Å². The lowest BCUT2D eigenvalue weighted by Crippen LogP contribution is -2.15. The summed E-state index contributed by atoms with van der Waals surface area (Å²) < 4.78 is 0. The SMILES string of the molecule is CSc1ccccc1/C=N\CCP(c1ccccc1)c1ccccc1. The van der Waals surface area contributed by atoms with Gasteiger partial charge in [-0.3, -0.25) is 4.99 Å². The number of thioether (sulfide) groups is 1. The van der Waals surface area contributed by atoms with Gasteiger partial charge in [0, 0.05) is 23.2 Å². The van der Waals surface area contributed by atoms with Gasteiger partial charge in [0.1, 0.15) is 0 Å². The van der Waals surface area contributed by atoms with E-state index in [9.17, 15) is 0 Å². The van der Waals surface area contributed by atoms with E-state index in [-0.39, 0.29) is 7.92 Å². The molecule has 126 valence electrons. The summed E-state index contributed by atoms with van der Waals surface area (Å²) in [5.41, 5.74) is 1.21. The van der Waals surface area contributed by atoms with E-state index in [0.717, 1.165) is 12.7 Å². The molecule has 1 nitrogen and oxygen atoms in total. The molecule has 0 aliphatic heterocycles. The molecular formula is C22H22NPS. The second-order valence-corrected chi connectivity index (χ2v) is 8.78. The fourth-order valence-corrected chi connectivity index (χ4v) is 5.48. The lowest BCUT2D eigenvalue weighted by atomic mass is 10.2. The van der Waals surface area contributed by atoms with E-state index in [1.54, 1.807) is 11.8 Å². The van der Waals surface area contributed by atoms with Crippen LogP contribution in [-0.2, 0) is 0 Å². The van der Waals surface area contributed by atoms with Crippen molar-refractivity contribution in [1.29, 1.82) is 0 Å². The van der Waals surface area contributed by atoms with Crippen molar-refractivity contribution in [2.24, 2.45) is 4.99 Å². The molecule has 0 aromatic heterocycles. The predicted molar refractivity (Wildman–Crippen MR) is 115 cm³/mol. The standard InChI is InChI=1S/C22H22NPS/c1-25-22-15-9-8-10-19(22)18-23-16-17-24(20-11-4-2-5-12-20)21-13-6-3-7-14-21/h2-15,18H,16-17H2,1H3/b23-18-. The van der Waals surface area contributed by atoms with Crippen LogP contribution in [0.3, 0.4) is 0 Å². The molecule has 3 rings (SSSR count). The molecule has 0 spiro atoms. The molecule has 0 amide bonds. The fourth-order valence-electron chi connectivity index (χ4n) is 2.72. The molecule has 0 radical (unpaired) electrons. The zero-order valence-corrected chi connectivity index (χ0v) is 16.1. The molecule has 0 fully saturated rings. The molecule has 0 N–H and O–H groups in total. The summed E-state index contributed by atoms with van der Waals surface area (Å²) >= 11 is 1.77. The van der Waals surface area contributed by atoms with Crippen LogP contribution in [0.25, 0.3) is 0 Å². The van der Waals surface area contributed by atoms with Crippen LogP contribution in [-0.4, -0.2) is 25.2 Å². The van der Waals surface area contributed by atoms with Crippen LogP contribution in [0.4, 0.5) is 0 Å². The van der Waals surface area contributed by atoms with Gasteiger partial charge in [-0.15, -0.1) is 11.8 Å². The highest BCUT2D eigenvalue weighted by Gasteiger charge is 2.12. The van der Waals surface area contributed by atoms with Crippen molar-refractivity contribution >= 4 is 36.5 Å². The Morgan fingerprint density at radius 1 is 0.800 bits per heavy atom. The maximum Gasteiger partial charge on any atom is 0.0434 e. The molecular weight excluding hydrogens is 341 g/mol. The van der Waals surface area contributed by atoms with E-state index in [2.05, 4.69) is 91.2 Å². The first-order chi connectivity index (χ1) is 12.4. The lowest BCUT2D eigenvalue weighted by molar-refractivity contribution is 1.15. The molecule has 0 unspecified atom stereocenters. The van der Waals surface area contributed by atoms with Gasteiger partial charge >= 0.3 is 0 Å². The quantitative estimate of drug-likeness (QED) is 0.328. The van der Waals surface area contributed by atoms with Crippen molar-refractivity contribution in [3.05, 3.63) is 90.5 Å². The topological polar surface area (TPSA) is 12.4 Å². The number of hydrogen-bond acceptors (Lipinski definition) is 2. The molecule has 3 aromatic carbocycles. The Morgan fingerprint density at radius 2 is 1.36 bits per heavy atom. The number of aliphatic imine (C=N–C) groups is 1. The first-order valence-corrected chi connectivity index (χ1v) is 11.1. The Hall–Kier alpha value is -1.89. The Kier molecular flexibility index (Phi) is 6.85.